The van der Waals surface area contributed by atoms with Crippen LogP contribution in [0.5, 0.6) is 5.75 Å². The summed E-state index contributed by atoms with van der Waals surface area (Å²) in [5, 5.41) is 0. The van der Waals surface area contributed by atoms with Crippen molar-refractivity contribution >= 4 is 16.1 Å². The molecule has 3 aromatic rings. The van der Waals surface area contributed by atoms with Gasteiger partial charge in [-0.05, 0) is 41.8 Å². The third-order valence-corrected chi connectivity index (χ3v) is 7.39. The van der Waals surface area contributed by atoms with Crippen LogP contribution in [0.1, 0.15) is 47.3 Å². The summed E-state index contributed by atoms with van der Waals surface area (Å²) in [6.07, 6.45) is -2.35. The highest BCUT2D eigenvalue weighted by Gasteiger charge is 2.31. The van der Waals surface area contributed by atoms with E-state index in [0.29, 0.717) is 43.7 Å². The van der Waals surface area contributed by atoms with E-state index in [9.17, 15) is 26.4 Å². The summed E-state index contributed by atoms with van der Waals surface area (Å²) < 4.78 is 69.6. The molecule has 0 bridgehead atoms. The third kappa shape index (κ3) is 8.16. The fraction of sp³-hybridized carbons (Fsp3) is 0.345. The SMILES string of the molecule is CC(C)(CN(CCCOc1ccc(C=O)c(S(C)(=O)=O)c1)Cc1cccc(C(F)(F)F)c1)c1ccccc1. The molecule has 0 saturated heterocycles. The number of nitrogens with zero attached hydrogens (tertiary/aromatic N) is 1. The number of carbonyl (C=O) groups is 1. The molecule has 5 nitrogen and oxygen atoms in total. The smallest absolute Gasteiger partial charge is 0.416 e. The Hall–Kier alpha value is -3.17. The zero-order valence-corrected chi connectivity index (χ0v) is 22.5. The highest BCUT2D eigenvalue weighted by atomic mass is 32.2. The van der Waals surface area contributed by atoms with Crippen LogP contribution in [0.2, 0.25) is 0 Å². The molecule has 0 aliphatic carbocycles. The Morgan fingerprint density at radius 2 is 1.61 bits per heavy atom. The molecule has 0 N–H and O–H groups in total. The molecular formula is C29H32F3NO4S. The molecule has 0 heterocycles. The number of rotatable bonds is 12. The van der Waals surface area contributed by atoms with E-state index < -0.39 is 21.6 Å². The highest BCUT2D eigenvalue weighted by molar-refractivity contribution is 7.90. The largest absolute Gasteiger partial charge is 0.494 e. The summed E-state index contributed by atoms with van der Waals surface area (Å²) in [7, 11) is -3.61. The Morgan fingerprint density at radius 1 is 0.921 bits per heavy atom. The zero-order valence-electron chi connectivity index (χ0n) is 21.7. The average molecular weight is 548 g/mol. The number of ether oxygens (including phenoxy) is 1. The van der Waals surface area contributed by atoms with Gasteiger partial charge in [0, 0.05) is 36.9 Å². The topological polar surface area (TPSA) is 63.7 Å². The van der Waals surface area contributed by atoms with Crippen molar-refractivity contribution in [1.29, 1.82) is 0 Å². The van der Waals surface area contributed by atoms with Crippen LogP contribution >= 0.6 is 0 Å². The second kappa shape index (κ2) is 12.1. The molecule has 0 unspecified atom stereocenters. The van der Waals surface area contributed by atoms with Gasteiger partial charge in [-0.2, -0.15) is 13.2 Å². The number of hydrogen-bond acceptors (Lipinski definition) is 5. The van der Waals surface area contributed by atoms with E-state index in [1.165, 1.54) is 30.3 Å². The van der Waals surface area contributed by atoms with Gasteiger partial charge in [0.15, 0.2) is 16.1 Å². The third-order valence-electron chi connectivity index (χ3n) is 6.23. The van der Waals surface area contributed by atoms with Gasteiger partial charge in [-0.3, -0.25) is 9.69 Å². The quantitative estimate of drug-likeness (QED) is 0.200. The first kappa shape index (κ1) is 29.4. The first-order valence-electron chi connectivity index (χ1n) is 12.2. The van der Waals surface area contributed by atoms with Gasteiger partial charge in [0.05, 0.1) is 17.1 Å². The van der Waals surface area contributed by atoms with Crippen molar-refractivity contribution in [3.63, 3.8) is 0 Å². The Balaban J connectivity index is 1.73. The predicted octanol–water partition coefficient (Wildman–Crippen LogP) is 6.17. The van der Waals surface area contributed by atoms with Crippen molar-refractivity contribution in [3.05, 3.63) is 95.1 Å². The van der Waals surface area contributed by atoms with Gasteiger partial charge in [-0.25, -0.2) is 8.42 Å². The maximum atomic E-state index is 13.3. The predicted molar refractivity (Wildman–Crippen MR) is 141 cm³/mol. The van der Waals surface area contributed by atoms with Crippen molar-refractivity contribution in [2.45, 2.75) is 43.3 Å². The zero-order chi connectivity index (χ0) is 28.0. The van der Waals surface area contributed by atoms with E-state index in [0.717, 1.165) is 17.9 Å². The second-order valence-electron chi connectivity index (χ2n) is 9.95. The van der Waals surface area contributed by atoms with Crippen molar-refractivity contribution in [2.75, 3.05) is 26.0 Å². The fourth-order valence-corrected chi connectivity index (χ4v) is 5.23. The molecule has 3 aromatic carbocycles. The lowest BCUT2D eigenvalue weighted by atomic mass is 9.84. The molecule has 0 radical (unpaired) electrons. The molecular weight excluding hydrogens is 515 g/mol. The van der Waals surface area contributed by atoms with Gasteiger partial charge in [-0.1, -0.05) is 62.4 Å². The highest BCUT2D eigenvalue weighted by Crippen LogP contribution is 2.30. The van der Waals surface area contributed by atoms with Gasteiger partial charge >= 0.3 is 6.18 Å². The number of halogens is 3. The van der Waals surface area contributed by atoms with E-state index >= 15 is 0 Å². The van der Waals surface area contributed by atoms with Crippen LogP contribution in [-0.4, -0.2) is 45.6 Å². The van der Waals surface area contributed by atoms with E-state index in [1.807, 2.05) is 30.3 Å². The molecule has 0 saturated carbocycles. The van der Waals surface area contributed by atoms with Crippen LogP contribution in [0.3, 0.4) is 0 Å². The lowest BCUT2D eigenvalue weighted by Gasteiger charge is -2.33. The fourth-order valence-electron chi connectivity index (χ4n) is 4.36. The molecule has 0 atom stereocenters. The van der Waals surface area contributed by atoms with Crippen LogP contribution in [0.15, 0.2) is 77.7 Å². The number of hydrogen-bond donors (Lipinski definition) is 0. The second-order valence-corrected chi connectivity index (χ2v) is 11.9. The molecule has 0 fully saturated rings. The number of alkyl halides is 3. The minimum atomic E-state index is -4.41. The molecule has 9 heteroatoms. The molecule has 0 spiro atoms. The number of aldehydes is 1. The normalized spacial score (nSPS) is 12.5. The van der Waals surface area contributed by atoms with E-state index in [-0.39, 0.29) is 22.5 Å². The summed E-state index contributed by atoms with van der Waals surface area (Å²) in [4.78, 5) is 13.2. The van der Waals surface area contributed by atoms with E-state index in [1.54, 1.807) is 6.07 Å². The molecule has 0 aliphatic rings. The van der Waals surface area contributed by atoms with Crippen LogP contribution < -0.4 is 4.74 Å². The van der Waals surface area contributed by atoms with Gasteiger partial charge in [0.1, 0.15) is 5.75 Å². The molecule has 0 aromatic heterocycles. The Labute approximate surface area is 222 Å². The van der Waals surface area contributed by atoms with Crippen molar-refractivity contribution in [2.24, 2.45) is 0 Å². The minimum absolute atomic E-state index is 0.0651. The van der Waals surface area contributed by atoms with Crippen LogP contribution in [0, 0.1) is 0 Å². The standard InChI is InChI=1S/C29H32F3NO4S/c1-28(2,24-10-5-4-6-11-24)21-33(19-22-9-7-12-25(17-22)29(30,31)32)15-8-16-37-26-14-13-23(20-34)27(18-26)38(3,35)36/h4-7,9-14,17-18,20H,8,15-16,19,21H2,1-3H3. The van der Waals surface area contributed by atoms with Gasteiger partial charge in [-0.15, -0.1) is 0 Å². The van der Waals surface area contributed by atoms with Crippen LogP contribution in [0.4, 0.5) is 13.2 Å². The molecule has 0 aliphatic heterocycles. The molecule has 3 rings (SSSR count). The van der Waals surface area contributed by atoms with Gasteiger partial charge < -0.3 is 4.74 Å². The number of benzene rings is 3. The summed E-state index contributed by atoms with van der Waals surface area (Å²) in [5.74, 6) is 0.324. The number of sulfone groups is 1. The van der Waals surface area contributed by atoms with Crippen molar-refractivity contribution < 1.29 is 31.1 Å². The lowest BCUT2D eigenvalue weighted by molar-refractivity contribution is -0.137. The Morgan fingerprint density at radius 3 is 2.24 bits per heavy atom. The minimum Gasteiger partial charge on any atom is -0.494 e. The van der Waals surface area contributed by atoms with Crippen LogP contribution in [-0.2, 0) is 28.0 Å². The van der Waals surface area contributed by atoms with E-state index in [4.69, 9.17) is 4.74 Å². The molecule has 0 amide bonds. The average Bonchev–Trinajstić information content (AvgIpc) is 2.86. The van der Waals surface area contributed by atoms with Crippen LogP contribution in [0.25, 0.3) is 0 Å². The van der Waals surface area contributed by atoms with Gasteiger partial charge in [0.25, 0.3) is 0 Å². The summed E-state index contributed by atoms with van der Waals surface area (Å²) >= 11 is 0. The Bertz CT molecular complexity index is 1340. The van der Waals surface area contributed by atoms with E-state index in [2.05, 4.69) is 18.7 Å². The maximum Gasteiger partial charge on any atom is 0.416 e. The summed E-state index contributed by atoms with van der Waals surface area (Å²) in [5.41, 5.74) is 0.802. The Kier molecular flexibility index (Phi) is 9.38. The van der Waals surface area contributed by atoms with Crippen molar-refractivity contribution in [1.82, 2.24) is 4.90 Å². The first-order chi connectivity index (χ1) is 17.8. The maximum absolute atomic E-state index is 13.3. The van der Waals surface area contributed by atoms with Gasteiger partial charge in [0.2, 0.25) is 0 Å². The monoisotopic (exact) mass is 547 g/mol. The van der Waals surface area contributed by atoms with Crippen molar-refractivity contribution in [3.8, 4) is 5.75 Å². The summed E-state index contributed by atoms with van der Waals surface area (Å²) in [6, 6.07) is 19.6. The molecule has 38 heavy (non-hydrogen) atoms. The number of carbonyl (C=O) groups excluding carboxylic acids is 1. The lowest BCUT2D eigenvalue weighted by Crippen LogP contribution is -2.37. The first-order valence-corrected chi connectivity index (χ1v) is 14.0. The molecule has 204 valence electrons. The summed E-state index contributed by atoms with van der Waals surface area (Å²) in [6.45, 7) is 5.91.